The minimum atomic E-state index is -0.577. The molecule has 2 aliphatic rings. The number of nitrogens with zero attached hydrogens (tertiary/aromatic N) is 2. The van der Waals surface area contributed by atoms with Crippen molar-refractivity contribution in [3.05, 3.63) is 51.3 Å². The molecule has 0 atom stereocenters. The first-order valence-corrected chi connectivity index (χ1v) is 14.0. The molecule has 2 aliphatic heterocycles. The van der Waals surface area contributed by atoms with E-state index in [0.717, 1.165) is 22.3 Å². The summed E-state index contributed by atoms with van der Waals surface area (Å²) in [7, 11) is 1.26. The van der Waals surface area contributed by atoms with Crippen molar-refractivity contribution in [2.24, 2.45) is 0 Å². The fourth-order valence-electron chi connectivity index (χ4n) is 4.04. The van der Waals surface area contributed by atoms with Crippen molar-refractivity contribution in [1.29, 1.82) is 0 Å². The minimum absolute atomic E-state index is 0.157. The van der Waals surface area contributed by atoms with E-state index in [0.29, 0.717) is 60.1 Å². The average Bonchev–Trinajstić information content (AvgIpc) is 3.20. The van der Waals surface area contributed by atoms with Crippen LogP contribution in [0.3, 0.4) is 0 Å². The molecule has 212 valence electrons. The van der Waals surface area contributed by atoms with Gasteiger partial charge in [-0.1, -0.05) is 12.1 Å². The molecule has 2 saturated heterocycles. The summed E-state index contributed by atoms with van der Waals surface area (Å²) in [6.45, 7) is 3.96. The Balaban J connectivity index is 1.47. The molecule has 0 radical (unpaired) electrons. The second-order valence-corrected chi connectivity index (χ2v) is 10.4. The molecule has 0 unspecified atom stereocenters. The molecule has 2 aromatic rings. The molecule has 0 spiro atoms. The van der Waals surface area contributed by atoms with Gasteiger partial charge in [-0.05, 0) is 70.5 Å². The van der Waals surface area contributed by atoms with E-state index in [-0.39, 0.29) is 11.5 Å². The summed E-state index contributed by atoms with van der Waals surface area (Å²) in [4.78, 5) is 53.3. The molecule has 0 saturated carbocycles. The second-order valence-electron chi connectivity index (χ2n) is 8.56. The highest BCUT2D eigenvalue weighted by Crippen LogP contribution is 2.39. The Morgan fingerprint density at radius 2 is 1.90 bits per heavy atom. The lowest BCUT2D eigenvalue weighted by Crippen LogP contribution is -2.38. The average molecular weight is 635 g/mol. The van der Waals surface area contributed by atoms with Crippen molar-refractivity contribution in [3.8, 4) is 11.5 Å². The van der Waals surface area contributed by atoms with Gasteiger partial charge >= 0.3 is 5.97 Å². The standard InChI is InChI=1S/C27H28BrN3O8S/c1-3-38-21-13-17(12-18(28)25(21)39-16-24(33)36-2)14-22-26(34)31(27(35)40-22)15-23(32)29-19-6-4-5-7-20(19)30-8-10-37-11-9-30/h4-7,12-14H,3,8-11,15-16H2,1-2H3,(H,29,32)/b22-14-. The molecule has 11 nitrogen and oxygen atoms in total. The number of imide groups is 1. The highest BCUT2D eigenvalue weighted by molar-refractivity contribution is 9.10. The van der Waals surface area contributed by atoms with Gasteiger partial charge < -0.3 is 29.2 Å². The zero-order valence-corrected chi connectivity index (χ0v) is 24.3. The Hall–Kier alpha value is -3.55. The lowest BCUT2D eigenvalue weighted by atomic mass is 10.2. The van der Waals surface area contributed by atoms with Crippen LogP contribution in [0.15, 0.2) is 45.8 Å². The number of esters is 1. The largest absolute Gasteiger partial charge is 0.490 e. The van der Waals surface area contributed by atoms with E-state index in [2.05, 4.69) is 30.9 Å². The molecular weight excluding hydrogens is 606 g/mol. The SMILES string of the molecule is CCOc1cc(/C=C2\SC(=O)N(CC(=O)Nc3ccccc3N3CCOCC3)C2=O)cc(Br)c1OCC(=O)OC. The number of hydrogen-bond donors (Lipinski definition) is 1. The van der Waals surface area contributed by atoms with Crippen molar-refractivity contribution in [2.75, 3.05) is 63.4 Å². The number of amides is 3. The fraction of sp³-hybridized carbons (Fsp3) is 0.333. The van der Waals surface area contributed by atoms with Crippen molar-refractivity contribution < 1.29 is 38.1 Å². The van der Waals surface area contributed by atoms with Gasteiger partial charge in [-0.15, -0.1) is 0 Å². The smallest absolute Gasteiger partial charge is 0.343 e. The number of morpholine rings is 1. The first-order chi connectivity index (χ1) is 19.3. The van der Waals surface area contributed by atoms with Crippen LogP contribution in [0.2, 0.25) is 0 Å². The van der Waals surface area contributed by atoms with Crippen LogP contribution in [0.25, 0.3) is 6.08 Å². The van der Waals surface area contributed by atoms with Gasteiger partial charge in [0.1, 0.15) is 6.54 Å². The molecule has 40 heavy (non-hydrogen) atoms. The van der Waals surface area contributed by atoms with Gasteiger partial charge in [0, 0.05) is 13.1 Å². The summed E-state index contributed by atoms with van der Waals surface area (Å²) in [5.41, 5.74) is 2.00. The van der Waals surface area contributed by atoms with Crippen molar-refractivity contribution >= 4 is 68.2 Å². The van der Waals surface area contributed by atoms with Gasteiger partial charge in [0.25, 0.3) is 11.1 Å². The first-order valence-electron chi connectivity index (χ1n) is 12.4. The van der Waals surface area contributed by atoms with Gasteiger partial charge in [-0.25, -0.2) is 4.79 Å². The normalized spacial score (nSPS) is 16.3. The van der Waals surface area contributed by atoms with Crippen LogP contribution in [0.5, 0.6) is 11.5 Å². The predicted octanol–water partition coefficient (Wildman–Crippen LogP) is 3.91. The number of methoxy groups -OCH3 is 1. The van der Waals surface area contributed by atoms with E-state index in [4.69, 9.17) is 14.2 Å². The van der Waals surface area contributed by atoms with E-state index in [1.807, 2.05) is 18.2 Å². The van der Waals surface area contributed by atoms with Crippen molar-refractivity contribution in [2.45, 2.75) is 6.92 Å². The summed E-state index contributed by atoms with van der Waals surface area (Å²) in [6.07, 6.45) is 1.54. The van der Waals surface area contributed by atoms with Crippen LogP contribution in [0.4, 0.5) is 16.2 Å². The molecule has 4 rings (SSSR count). The van der Waals surface area contributed by atoms with E-state index in [1.165, 1.54) is 13.2 Å². The Morgan fingerprint density at radius 3 is 2.62 bits per heavy atom. The van der Waals surface area contributed by atoms with Gasteiger partial charge in [0.05, 0.1) is 47.7 Å². The monoisotopic (exact) mass is 633 g/mol. The third-order valence-corrected chi connectivity index (χ3v) is 7.39. The fourth-order valence-corrected chi connectivity index (χ4v) is 5.46. The van der Waals surface area contributed by atoms with Gasteiger partial charge in [0.15, 0.2) is 18.1 Å². The summed E-state index contributed by atoms with van der Waals surface area (Å²) in [5.74, 6) is -0.985. The van der Waals surface area contributed by atoms with Crippen LogP contribution in [-0.2, 0) is 23.9 Å². The molecule has 2 heterocycles. The third-order valence-electron chi connectivity index (χ3n) is 5.90. The van der Waals surface area contributed by atoms with Crippen LogP contribution in [0, 0.1) is 0 Å². The van der Waals surface area contributed by atoms with E-state index >= 15 is 0 Å². The summed E-state index contributed by atoms with van der Waals surface area (Å²) in [6, 6.07) is 10.7. The number of carbonyl (C=O) groups excluding carboxylic acids is 4. The Morgan fingerprint density at radius 1 is 1.15 bits per heavy atom. The molecule has 3 amide bonds. The lowest BCUT2D eigenvalue weighted by Gasteiger charge is -2.30. The number of para-hydroxylation sites is 2. The number of nitrogens with one attached hydrogen (secondary N) is 1. The van der Waals surface area contributed by atoms with Gasteiger partial charge in [-0.3, -0.25) is 19.3 Å². The van der Waals surface area contributed by atoms with Gasteiger partial charge in [-0.2, -0.15) is 0 Å². The van der Waals surface area contributed by atoms with Crippen LogP contribution >= 0.6 is 27.7 Å². The molecular formula is C27H28BrN3O8S. The molecule has 13 heteroatoms. The second kappa shape index (κ2) is 13.7. The predicted molar refractivity (Wildman–Crippen MR) is 154 cm³/mol. The summed E-state index contributed by atoms with van der Waals surface area (Å²) >= 11 is 4.15. The number of halogens is 1. The maximum Gasteiger partial charge on any atom is 0.343 e. The minimum Gasteiger partial charge on any atom is -0.490 e. The van der Waals surface area contributed by atoms with Crippen LogP contribution in [0.1, 0.15) is 12.5 Å². The quantitative estimate of drug-likeness (QED) is 0.304. The summed E-state index contributed by atoms with van der Waals surface area (Å²) in [5, 5.41) is 2.29. The zero-order chi connectivity index (χ0) is 28.6. The maximum absolute atomic E-state index is 13.1. The van der Waals surface area contributed by atoms with Gasteiger partial charge in [0.2, 0.25) is 5.91 Å². The highest BCUT2D eigenvalue weighted by atomic mass is 79.9. The number of benzene rings is 2. The number of ether oxygens (including phenoxy) is 4. The van der Waals surface area contributed by atoms with Crippen LogP contribution in [-0.4, -0.2) is 81.1 Å². The van der Waals surface area contributed by atoms with E-state index in [1.54, 1.807) is 25.1 Å². The molecule has 1 N–H and O–H groups in total. The maximum atomic E-state index is 13.1. The van der Waals surface area contributed by atoms with Crippen molar-refractivity contribution in [3.63, 3.8) is 0 Å². The Labute approximate surface area is 243 Å². The molecule has 0 aromatic heterocycles. The number of carbonyl (C=O) groups is 4. The molecule has 2 aromatic carbocycles. The molecule has 0 aliphatic carbocycles. The number of rotatable bonds is 10. The zero-order valence-electron chi connectivity index (χ0n) is 21.9. The molecule has 0 bridgehead atoms. The number of thioether (sulfide) groups is 1. The highest BCUT2D eigenvalue weighted by Gasteiger charge is 2.36. The van der Waals surface area contributed by atoms with E-state index in [9.17, 15) is 19.2 Å². The third kappa shape index (κ3) is 7.14. The summed E-state index contributed by atoms with van der Waals surface area (Å²) < 4.78 is 21.7. The first kappa shape index (κ1) is 29.4. The van der Waals surface area contributed by atoms with Crippen LogP contribution < -0.4 is 19.7 Å². The molecule has 2 fully saturated rings. The number of hydrogen-bond acceptors (Lipinski definition) is 10. The Bertz CT molecular complexity index is 1330. The Kier molecular flexibility index (Phi) is 10.1. The topological polar surface area (TPSA) is 124 Å². The van der Waals surface area contributed by atoms with E-state index < -0.39 is 29.6 Å². The number of anilines is 2. The lowest BCUT2D eigenvalue weighted by molar-refractivity contribution is -0.143. The van der Waals surface area contributed by atoms with Crippen molar-refractivity contribution in [1.82, 2.24) is 4.90 Å².